The molecule has 0 aliphatic rings. The maximum Gasteiger partial charge on any atom is 0.270 e. The molecule has 0 aliphatic heterocycles. The molecule has 104 valence electrons. The molecule has 20 heavy (non-hydrogen) atoms. The van der Waals surface area contributed by atoms with Crippen LogP contribution in [-0.2, 0) is 6.54 Å². The van der Waals surface area contributed by atoms with Crippen LogP contribution in [0.1, 0.15) is 24.1 Å². The number of nitro benzene ring substituents is 1. The smallest absolute Gasteiger partial charge is 0.270 e. The van der Waals surface area contributed by atoms with Gasteiger partial charge in [0, 0.05) is 24.7 Å². The highest BCUT2D eigenvalue weighted by Gasteiger charge is 2.10. The third kappa shape index (κ3) is 3.56. The fourth-order valence-corrected chi connectivity index (χ4v) is 2.16. The molecule has 0 aliphatic carbocycles. The van der Waals surface area contributed by atoms with Crippen molar-refractivity contribution in [3.05, 3.63) is 74.8 Å². The van der Waals surface area contributed by atoms with Crippen molar-refractivity contribution >= 4 is 17.3 Å². The van der Waals surface area contributed by atoms with Crippen LogP contribution in [0, 0.1) is 10.1 Å². The van der Waals surface area contributed by atoms with E-state index in [-0.39, 0.29) is 11.7 Å². The molecule has 0 saturated carbocycles. The molecule has 5 heteroatoms. The van der Waals surface area contributed by atoms with E-state index in [1.165, 1.54) is 17.7 Å². The van der Waals surface area contributed by atoms with Crippen LogP contribution in [0.5, 0.6) is 0 Å². The summed E-state index contributed by atoms with van der Waals surface area (Å²) in [6, 6.07) is 14.8. The predicted molar refractivity (Wildman–Crippen MR) is 79.8 cm³/mol. The Bertz CT molecular complexity index is 602. The predicted octanol–water partition coefficient (Wildman–Crippen LogP) is 4.10. The number of rotatable bonds is 5. The summed E-state index contributed by atoms with van der Waals surface area (Å²) < 4.78 is 0. The highest BCUT2D eigenvalue weighted by atomic mass is 35.5. The van der Waals surface area contributed by atoms with Gasteiger partial charge in [0.1, 0.15) is 0 Å². The Morgan fingerprint density at radius 3 is 2.55 bits per heavy atom. The normalized spacial score (nSPS) is 12.1. The lowest BCUT2D eigenvalue weighted by atomic mass is 10.1. The number of benzene rings is 2. The second-order valence-corrected chi connectivity index (χ2v) is 4.95. The Balaban J connectivity index is 2.02. The van der Waals surface area contributed by atoms with Gasteiger partial charge in [0.15, 0.2) is 0 Å². The molecule has 4 nitrogen and oxygen atoms in total. The first-order chi connectivity index (χ1) is 9.58. The maximum absolute atomic E-state index is 10.6. The van der Waals surface area contributed by atoms with E-state index in [2.05, 4.69) is 24.4 Å². The van der Waals surface area contributed by atoms with Crippen LogP contribution in [0.15, 0.2) is 48.5 Å². The van der Waals surface area contributed by atoms with Crippen LogP contribution in [0.25, 0.3) is 0 Å². The van der Waals surface area contributed by atoms with Crippen molar-refractivity contribution < 1.29 is 4.92 Å². The van der Waals surface area contributed by atoms with Gasteiger partial charge in [-0.1, -0.05) is 41.9 Å². The van der Waals surface area contributed by atoms with Crippen molar-refractivity contribution in [2.45, 2.75) is 19.5 Å². The molecule has 2 aromatic rings. The number of halogens is 1. The van der Waals surface area contributed by atoms with Crippen molar-refractivity contribution in [3.63, 3.8) is 0 Å². The first kappa shape index (κ1) is 14.5. The van der Waals surface area contributed by atoms with E-state index in [0.29, 0.717) is 11.6 Å². The molecular formula is C15H15ClN2O2. The summed E-state index contributed by atoms with van der Waals surface area (Å²) in [4.78, 5) is 10.2. The van der Waals surface area contributed by atoms with Crippen molar-refractivity contribution in [2.24, 2.45) is 0 Å². The third-order valence-corrected chi connectivity index (χ3v) is 3.50. The van der Waals surface area contributed by atoms with Crippen LogP contribution >= 0.6 is 11.6 Å². The first-order valence-corrected chi connectivity index (χ1v) is 6.67. The lowest BCUT2D eigenvalue weighted by Gasteiger charge is -2.14. The van der Waals surface area contributed by atoms with Gasteiger partial charge >= 0.3 is 0 Å². The van der Waals surface area contributed by atoms with E-state index in [1.807, 2.05) is 18.2 Å². The van der Waals surface area contributed by atoms with E-state index in [9.17, 15) is 10.1 Å². The summed E-state index contributed by atoms with van der Waals surface area (Å²) in [6.45, 7) is 2.63. The highest BCUT2D eigenvalue weighted by molar-refractivity contribution is 6.31. The minimum Gasteiger partial charge on any atom is -0.306 e. The number of nitrogens with one attached hydrogen (secondary N) is 1. The molecule has 1 N–H and O–H groups in total. The zero-order valence-electron chi connectivity index (χ0n) is 11.0. The van der Waals surface area contributed by atoms with Gasteiger partial charge in [-0.2, -0.15) is 0 Å². The van der Waals surface area contributed by atoms with Gasteiger partial charge in [0.05, 0.1) is 9.95 Å². The molecule has 0 heterocycles. The van der Waals surface area contributed by atoms with Crippen LogP contribution < -0.4 is 5.32 Å². The molecule has 1 unspecified atom stereocenters. The van der Waals surface area contributed by atoms with Crippen LogP contribution in [-0.4, -0.2) is 4.92 Å². The number of nitro groups is 1. The van der Waals surface area contributed by atoms with E-state index >= 15 is 0 Å². The van der Waals surface area contributed by atoms with E-state index in [0.717, 1.165) is 5.56 Å². The molecule has 0 aromatic heterocycles. The highest BCUT2D eigenvalue weighted by Crippen LogP contribution is 2.23. The SMILES string of the molecule is CC(NCc1ccc([N+](=O)[O-])cc1Cl)c1ccccc1. The Kier molecular flexibility index (Phi) is 4.71. The van der Waals surface area contributed by atoms with Crippen molar-refractivity contribution in [3.8, 4) is 0 Å². The number of hydrogen-bond acceptors (Lipinski definition) is 3. The standard InChI is InChI=1S/C15H15ClN2O2/c1-11(12-5-3-2-4-6-12)17-10-13-7-8-14(18(19)20)9-15(13)16/h2-9,11,17H,10H2,1H3. The second-order valence-electron chi connectivity index (χ2n) is 4.55. The number of nitrogens with zero attached hydrogens (tertiary/aromatic N) is 1. The Morgan fingerprint density at radius 2 is 1.95 bits per heavy atom. The van der Waals surface area contributed by atoms with Crippen molar-refractivity contribution in [1.29, 1.82) is 0 Å². The summed E-state index contributed by atoms with van der Waals surface area (Å²) >= 11 is 6.06. The largest absolute Gasteiger partial charge is 0.306 e. The Hall–Kier alpha value is -1.91. The summed E-state index contributed by atoms with van der Waals surface area (Å²) in [7, 11) is 0. The van der Waals surface area contributed by atoms with Gasteiger partial charge in [0.2, 0.25) is 0 Å². The van der Waals surface area contributed by atoms with Crippen LogP contribution in [0.3, 0.4) is 0 Å². The van der Waals surface area contributed by atoms with Gasteiger partial charge in [-0.15, -0.1) is 0 Å². The molecular weight excluding hydrogens is 276 g/mol. The van der Waals surface area contributed by atoms with Crippen LogP contribution in [0.4, 0.5) is 5.69 Å². The summed E-state index contributed by atoms with van der Waals surface area (Å²) in [5, 5.41) is 14.4. The monoisotopic (exact) mass is 290 g/mol. The Morgan fingerprint density at radius 1 is 1.25 bits per heavy atom. The van der Waals surface area contributed by atoms with E-state index in [1.54, 1.807) is 6.07 Å². The Labute approximate surface area is 122 Å². The topological polar surface area (TPSA) is 55.2 Å². The average molecular weight is 291 g/mol. The maximum atomic E-state index is 10.6. The summed E-state index contributed by atoms with van der Waals surface area (Å²) in [5.41, 5.74) is 2.04. The lowest BCUT2D eigenvalue weighted by molar-refractivity contribution is -0.384. The van der Waals surface area contributed by atoms with Gasteiger partial charge in [-0.25, -0.2) is 0 Å². The molecule has 0 radical (unpaired) electrons. The number of non-ortho nitro benzene ring substituents is 1. The first-order valence-electron chi connectivity index (χ1n) is 6.29. The van der Waals surface area contributed by atoms with Gasteiger partial charge in [-0.3, -0.25) is 10.1 Å². The van der Waals surface area contributed by atoms with Gasteiger partial charge in [-0.05, 0) is 24.1 Å². The van der Waals surface area contributed by atoms with Gasteiger partial charge < -0.3 is 5.32 Å². The van der Waals surface area contributed by atoms with Crippen molar-refractivity contribution in [2.75, 3.05) is 0 Å². The average Bonchev–Trinajstić information content (AvgIpc) is 2.46. The van der Waals surface area contributed by atoms with E-state index < -0.39 is 4.92 Å². The summed E-state index contributed by atoms with van der Waals surface area (Å²) in [5.74, 6) is 0. The van der Waals surface area contributed by atoms with Crippen LogP contribution in [0.2, 0.25) is 5.02 Å². The quantitative estimate of drug-likeness (QED) is 0.666. The third-order valence-electron chi connectivity index (χ3n) is 3.15. The second kappa shape index (κ2) is 6.50. The zero-order chi connectivity index (χ0) is 14.5. The number of hydrogen-bond donors (Lipinski definition) is 1. The molecule has 1 atom stereocenters. The minimum absolute atomic E-state index is 0.00913. The minimum atomic E-state index is -0.449. The fraction of sp³-hybridized carbons (Fsp3) is 0.200. The zero-order valence-corrected chi connectivity index (χ0v) is 11.8. The molecule has 0 spiro atoms. The molecule has 0 bridgehead atoms. The molecule has 0 amide bonds. The van der Waals surface area contributed by atoms with Crippen molar-refractivity contribution in [1.82, 2.24) is 5.32 Å². The van der Waals surface area contributed by atoms with Gasteiger partial charge in [0.25, 0.3) is 5.69 Å². The lowest BCUT2D eigenvalue weighted by Crippen LogP contribution is -2.18. The molecule has 2 aromatic carbocycles. The summed E-state index contributed by atoms with van der Waals surface area (Å²) in [6.07, 6.45) is 0. The molecule has 2 rings (SSSR count). The molecule has 0 fully saturated rings. The van der Waals surface area contributed by atoms with E-state index in [4.69, 9.17) is 11.6 Å². The fourth-order valence-electron chi connectivity index (χ4n) is 1.92. The molecule has 0 saturated heterocycles.